The molecule has 0 aliphatic rings. The van der Waals surface area contributed by atoms with Crippen molar-refractivity contribution in [3.8, 4) is 0 Å². The number of ether oxygens (including phenoxy) is 1. The molecule has 0 aromatic carbocycles. The second-order valence-corrected chi connectivity index (χ2v) is 4.86. The van der Waals surface area contributed by atoms with Crippen LogP contribution < -0.4 is 10.6 Å². The third-order valence-electron chi connectivity index (χ3n) is 2.44. The van der Waals surface area contributed by atoms with Crippen molar-refractivity contribution in [3.63, 3.8) is 0 Å². The van der Waals surface area contributed by atoms with Gasteiger partial charge in [0.2, 0.25) is 5.91 Å². The van der Waals surface area contributed by atoms with Gasteiger partial charge >= 0.3 is 0 Å². The van der Waals surface area contributed by atoms with Crippen LogP contribution in [0.3, 0.4) is 0 Å². The number of rotatable bonds is 7. The Morgan fingerprint density at radius 1 is 1.19 bits per heavy atom. The van der Waals surface area contributed by atoms with Gasteiger partial charge in [-0.3, -0.25) is 4.79 Å². The number of carbonyl (C=O) groups excluding carboxylic acids is 1. The summed E-state index contributed by atoms with van der Waals surface area (Å²) in [6.07, 6.45) is 0. The first-order valence-electron chi connectivity index (χ1n) is 5.93. The molecule has 96 valence electrons. The lowest BCUT2D eigenvalue weighted by Gasteiger charge is -2.25. The van der Waals surface area contributed by atoms with Crippen LogP contribution in [-0.4, -0.2) is 37.7 Å². The molecule has 0 heterocycles. The van der Waals surface area contributed by atoms with E-state index in [-0.39, 0.29) is 24.0 Å². The van der Waals surface area contributed by atoms with E-state index in [0.717, 1.165) is 0 Å². The van der Waals surface area contributed by atoms with Crippen molar-refractivity contribution in [2.75, 3.05) is 13.7 Å². The molecule has 0 aromatic rings. The topological polar surface area (TPSA) is 50.4 Å². The van der Waals surface area contributed by atoms with Crippen LogP contribution in [0.15, 0.2) is 0 Å². The Morgan fingerprint density at radius 3 is 2.12 bits per heavy atom. The summed E-state index contributed by atoms with van der Waals surface area (Å²) in [5.74, 6) is 0.478. The van der Waals surface area contributed by atoms with Crippen LogP contribution in [0.5, 0.6) is 0 Å². The highest BCUT2D eigenvalue weighted by molar-refractivity contribution is 5.81. The van der Waals surface area contributed by atoms with Crippen molar-refractivity contribution in [2.24, 2.45) is 5.92 Å². The summed E-state index contributed by atoms with van der Waals surface area (Å²) >= 11 is 0. The Bertz CT molecular complexity index is 205. The highest BCUT2D eigenvalue weighted by Gasteiger charge is 2.20. The standard InChI is InChI=1S/C12H26N2O2/c1-8(2)11(7-16-6)14-10(5)12(15)13-9(3)4/h8-11,14H,7H2,1-6H3,(H,13,15). The van der Waals surface area contributed by atoms with E-state index in [4.69, 9.17) is 4.74 Å². The summed E-state index contributed by atoms with van der Waals surface area (Å²) in [6, 6.07) is 0.194. The predicted molar refractivity (Wildman–Crippen MR) is 66.4 cm³/mol. The van der Waals surface area contributed by atoms with Gasteiger partial charge in [-0.2, -0.15) is 0 Å². The van der Waals surface area contributed by atoms with E-state index in [1.54, 1.807) is 7.11 Å². The van der Waals surface area contributed by atoms with Gasteiger partial charge < -0.3 is 15.4 Å². The number of hydrogen-bond donors (Lipinski definition) is 2. The minimum Gasteiger partial charge on any atom is -0.383 e. The molecule has 0 saturated heterocycles. The predicted octanol–water partition coefficient (Wildman–Crippen LogP) is 1.16. The molecule has 4 heteroatoms. The fourth-order valence-electron chi connectivity index (χ4n) is 1.42. The molecule has 2 unspecified atom stereocenters. The number of methoxy groups -OCH3 is 1. The second-order valence-electron chi connectivity index (χ2n) is 4.86. The van der Waals surface area contributed by atoms with Gasteiger partial charge in [0.15, 0.2) is 0 Å². The molecule has 0 fully saturated rings. The Balaban J connectivity index is 4.17. The summed E-state index contributed by atoms with van der Waals surface area (Å²) in [5.41, 5.74) is 0. The number of nitrogens with one attached hydrogen (secondary N) is 2. The van der Waals surface area contributed by atoms with Gasteiger partial charge in [0.05, 0.1) is 12.6 Å². The van der Waals surface area contributed by atoms with Crippen LogP contribution in [-0.2, 0) is 9.53 Å². The van der Waals surface area contributed by atoms with Crippen molar-refractivity contribution in [1.29, 1.82) is 0 Å². The Kier molecular flexibility index (Phi) is 7.34. The van der Waals surface area contributed by atoms with Gasteiger partial charge in [0, 0.05) is 19.2 Å². The Morgan fingerprint density at radius 2 is 1.75 bits per heavy atom. The highest BCUT2D eigenvalue weighted by atomic mass is 16.5. The molecule has 0 spiro atoms. The highest BCUT2D eigenvalue weighted by Crippen LogP contribution is 2.03. The molecular weight excluding hydrogens is 204 g/mol. The summed E-state index contributed by atoms with van der Waals surface area (Å²) in [4.78, 5) is 11.7. The normalized spacial score (nSPS) is 15.2. The lowest BCUT2D eigenvalue weighted by atomic mass is 10.0. The molecule has 1 amide bonds. The van der Waals surface area contributed by atoms with E-state index >= 15 is 0 Å². The SMILES string of the molecule is COCC(NC(C)C(=O)NC(C)C)C(C)C. The Labute approximate surface area is 99.1 Å². The van der Waals surface area contributed by atoms with Crippen LogP contribution >= 0.6 is 0 Å². The zero-order valence-electron chi connectivity index (χ0n) is 11.3. The van der Waals surface area contributed by atoms with E-state index in [9.17, 15) is 4.79 Å². The zero-order chi connectivity index (χ0) is 12.7. The van der Waals surface area contributed by atoms with Gasteiger partial charge in [-0.15, -0.1) is 0 Å². The van der Waals surface area contributed by atoms with E-state index in [1.165, 1.54) is 0 Å². The van der Waals surface area contributed by atoms with Crippen molar-refractivity contribution in [2.45, 2.75) is 52.7 Å². The van der Waals surface area contributed by atoms with Crippen molar-refractivity contribution in [1.82, 2.24) is 10.6 Å². The van der Waals surface area contributed by atoms with Crippen molar-refractivity contribution >= 4 is 5.91 Å². The first-order chi connectivity index (χ1) is 7.38. The van der Waals surface area contributed by atoms with Crippen LogP contribution in [0, 0.1) is 5.92 Å². The van der Waals surface area contributed by atoms with E-state index in [1.807, 2.05) is 20.8 Å². The monoisotopic (exact) mass is 230 g/mol. The Hall–Kier alpha value is -0.610. The largest absolute Gasteiger partial charge is 0.383 e. The minimum atomic E-state index is -0.190. The maximum atomic E-state index is 11.7. The van der Waals surface area contributed by atoms with E-state index < -0.39 is 0 Å². The van der Waals surface area contributed by atoms with E-state index in [0.29, 0.717) is 12.5 Å². The number of amides is 1. The van der Waals surface area contributed by atoms with Gasteiger partial charge in [-0.05, 0) is 26.7 Å². The second kappa shape index (κ2) is 7.63. The van der Waals surface area contributed by atoms with E-state index in [2.05, 4.69) is 24.5 Å². The number of carbonyl (C=O) groups is 1. The van der Waals surface area contributed by atoms with Crippen molar-refractivity contribution in [3.05, 3.63) is 0 Å². The molecule has 0 aliphatic carbocycles. The van der Waals surface area contributed by atoms with Crippen LogP contribution in [0.4, 0.5) is 0 Å². The van der Waals surface area contributed by atoms with Crippen LogP contribution in [0.1, 0.15) is 34.6 Å². The summed E-state index contributed by atoms with van der Waals surface area (Å²) in [5, 5.41) is 6.17. The maximum absolute atomic E-state index is 11.7. The molecule has 0 rings (SSSR count). The zero-order valence-corrected chi connectivity index (χ0v) is 11.3. The van der Waals surface area contributed by atoms with Crippen LogP contribution in [0.25, 0.3) is 0 Å². The number of hydrogen-bond acceptors (Lipinski definition) is 3. The summed E-state index contributed by atoms with van der Waals surface area (Å²) < 4.78 is 5.13. The summed E-state index contributed by atoms with van der Waals surface area (Å²) in [7, 11) is 1.68. The fraction of sp³-hybridized carbons (Fsp3) is 0.917. The molecule has 2 atom stereocenters. The molecule has 4 nitrogen and oxygen atoms in total. The third kappa shape index (κ3) is 6.08. The third-order valence-corrected chi connectivity index (χ3v) is 2.44. The molecule has 0 bridgehead atoms. The lowest BCUT2D eigenvalue weighted by Crippen LogP contribution is -2.51. The summed E-state index contributed by atoms with van der Waals surface area (Å²) in [6.45, 7) is 10.6. The van der Waals surface area contributed by atoms with Crippen molar-refractivity contribution < 1.29 is 9.53 Å². The average molecular weight is 230 g/mol. The van der Waals surface area contributed by atoms with Gasteiger partial charge in [-0.25, -0.2) is 0 Å². The molecular formula is C12H26N2O2. The molecule has 16 heavy (non-hydrogen) atoms. The smallest absolute Gasteiger partial charge is 0.237 e. The molecule has 0 aliphatic heterocycles. The molecule has 0 radical (unpaired) electrons. The quantitative estimate of drug-likeness (QED) is 0.690. The fourth-order valence-corrected chi connectivity index (χ4v) is 1.42. The molecule has 2 N–H and O–H groups in total. The van der Waals surface area contributed by atoms with Gasteiger partial charge in [0.25, 0.3) is 0 Å². The van der Waals surface area contributed by atoms with Gasteiger partial charge in [0.1, 0.15) is 0 Å². The first-order valence-corrected chi connectivity index (χ1v) is 5.93. The maximum Gasteiger partial charge on any atom is 0.237 e. The lowest BCUT2D eigenvalue weighted by molar-refractivity contribution is -0.123. The first kappa shape index (κ1) is 15.4. The minimum absolute atomic E-state index is 0.0387. The van der Waals surface area contributed by atoms with Crippen LogP contribution in [0.2, 0.25) is 0 Å². The molecule has 0 saturated carbocycles. The average Bonchev–Trinajstić information content (AvgIpc) is 2.15. The van der Waals surface area contributed by atoms with Gasteiger partial charge in [-0.1, -0.05) is 13.8 Å². The molecule has 0 aromatic heterocycles.